The molecule has 1 heterocycles. The highest BCUT2D eigenvalue weighted by molar-refractivity contribution is 5.85. The first-order valence-corrected chi connectivity index (χ1v) is 10.2. The fraction of sp³-hybridized carbons (Fsp3) is 0.391. The van der Waals surface area contributed by atoms with E-state index in [9.17, 15) is 18.0 Å². The minimum atomic E-state index is -4.58. The zero-order valence-electron chi connectivity index (χ0n) is 17.8. The normalized spacial score (nSPS) is 11.5. The number of esters is 1. The average Bonchev–Trinajstić information content (AvgIpc) is 3.21. The highest BCUT2D eigenvalue weighted by Crippen LogP contribution is 2.38. The summed E-state index contributed by atoms with van der Waals surface area (Å²) in [6, 6.07) is 9.99. The molecule has 0 unspecified atom stereocenters. The average molecular weight is 451 g/mol. The number of benzene rings is 2. The lowest BCUT2D eigenvalue weighted by molar-refractivity contribution is -0.141. The lowest BCUT2D eigenvalue weighted by Gasteiger charge is -2.12. The van der Waals surface area contributed by atoms with Crippen LogP contribution in [0.5, 0.6) is 11.5 Å². The van der Waals surface area contributed by atoms with Crippen LogP contribution in [0.15, 0.2) is 40.9 Å². The number of alkyl halides is 3. The van der Waals surface area contributed by atoms with E-state index >= 15 is 0 Å². The van der Waals surface area contributed by atoms with E-state index in [4.69, 9.17) is 14.0 Å². The summed E-state index contributed by atoms with van der Waals surface area (Å²) in [7, 11) is 1.34. The van der Waals surface area contributed by atoms with Crippen LogP contribution >= 0.6 is 0 Å². The van der Waals surface area contributed by atoms with E-state index in [-0.39, 0.29) is 23.4 Å². The van der Waals surface area contributed by atoms with Gasteiger partial charge in [-0.15, -0.1) is 0 Å². The van der Waals surface area contributed by atoms with E-state index in [1.165, 1.54) is 19.2 Å². The van der Waals surface area contributed by atoms with Gasteiger partial charge in [0.2, 0.25) is 0 Å². The Balaban J connectivity index is 1.56. The molecule has 3 aromatic rings. The first kappa shape index (κ1) is 23.4. The van der Waals surface area contributed by atoms with E-state index in [0.29, 0.717) is 49.5 Å². The number of hydrogen-bond acceptors (Lipinski definition) is 6. The van der Waals surface area contributed by atoms with Crippen LogP contribution in [-0.4, -0.2) is 31.4 Å². The summed E-state index contributed by atoms with van der Waals surface area (Å²) in [5, 5.41) is 3.16. The van der Waals surface area contributed by atoms with Gasteiger partial charge >= 0.3 is 12.1 Å². The Kier molecular flexibility index (Phi) is 7.61. The van der Waals surface area contributed by atoms with E-state index < -0.39 is 11.9 Å². The van der Waals surface area contributed by atoms with Crippen LogP contribution in [0.2, 0.25) is 0 Å². The predicted octanol–water partition coefficient (Wildman–Crippen LogP) is 5.36. The number of carbonyl (C=O) groups is 1. The number of nitrogens with zero attached hydrogens (tertiary/aromatic N) is 1. The first-order chi connectivity index (χ1) is 15.3. The van der Waals surface area contributed by atoms with Crippen molar-refractivity contribution in [3.8, 4) is 11.5 Å². The molecule has 0 atom stereocenters. The van der Waals surface area contributed by atoms with Gasteiger partial charge in [-0.1, -0.05) is 30.6 Å². The van der Waals surface area contributed by atoms with Crippen LogP contribution in [0, 0.1) is 0 Å². The number of methoxy groups -OCH3 is 1. The van der Waals surface area contributed by atoms with Gasteiger partial charge in [-0.05, 0) is 36.2 Å². The van der Waals surface area contributed by atoms with Gasteiger partial charge in [0.1, 0.15) is 11.5 Å². The molecule has 172 valence electrons. The number of halogens is 3. The molecule has 0 amide bonds. The lowest BCUT2D eigenvalue weighted by Crippen LogP contribution is -2.07. The molecule has 1 aromatic heterocycles. The molecule has 0 aliphatic carbocycles. The number of fused-ring (bicyclic) bond motifs is 1. The van der Waals surface area contributed by atoms with Crippen molar-refractivity contribution in [2.24, 2.45) is 0 Å². The highest BCUT2D eigenvalue weighted by Gasteiger charge is 2.37. The Labute approximate surface area is 183 Å². The van der Waals surface area contributed by atoms with Crippen molar-refractivity contribution in [2.45, 2.75) is 38.8 Å². The van der Waals surface area contributed by atoms with Gasteiger partial charge in [-0.3, -0.25) is 4.79 Å². The third kappa shape index (κ3) is 5.72. The topological polar surface area (TPSA) is 70.8 Å². The Morgan fingerprint density at radius 2 is 1.78 bits per heavy atom. The molecule has 9 heteroatoms. The Morgan fingerprint density at radius 1 is 1.06 bits per heavy atom. The standard InChI is InChI=1S/C23H24F3NO5/c1-3-5-17-19(11-10-18-21(17)32-27-22(18)23(24,25)26)31-13-4-12-30-16-8-6-15(7-9-16)14-20(28)29-2/h6-11H,3-5,12-14H2,1-2H3. The second-order valence-corrected chi connectivity index (χ2v) is 7.15. The molecule has 3 rings (SSSR count). The third-order valence-corrected chi connectivity index (χ3v) is 4.78. The molecule has 32 heavy (non-hydrogen) atoms. The summed E-state index contributed by atoms with van der Waals surface area (Å²) in [5.74, 6) is 0.834. The number of carbonyl (C=O) groups excluding carboxylic acids is 1. The summed E-state index contributed by atoms with van der Waals surface area (Å²) in [5.41, 5.74) is 0.491. The second kappa shape index (κ2) is 10.4. The maximum atomic E-state index is 13.1. The van der Waals surface area contributed by atoms with Gasteiger partial charge in [0.05, 0.1) is 32.1 Å². The summed E-state index contributed by atoms with van der Waals surface area (Å²) in [6.45, 7) is 2.64. The minimum Gasteiger partial charge on any atom is -0.493 e. The van der Waals surface area contributed by atoms with Crippen LogP contribution in [0.4, 0.5) is 13.2 Å². The van der Waals surface area contributed by atoms with E-state index in [0.717, 1.165) is 5.56 Å². The van der Waals surface area contributed by atoms with Gasteiger partial charge in [-0.2, -0.15) is 13.2 Å². The quantitative estimate of drug-likeness (QED) is 0.305. The van der Waals surface area contributed by atoms with Crippen LogP contribution in [-0.2, 0) is 28.5 Å². The van der Waals surface area contributed by atoms with Crippen LogP contribution in [0.3, 0.4) is 0 Å². The minimum absolute atomic E-state index is 0.0627. The molecule has 0 saturated heterocycles. The van der Waals surface area contributed by atoms with Gasteiger partial charge in [-0.25, -0.2) is 0 Å². The second-order valence-electron chi connectivity index (χ2n) is 7.15. The number of aromatic nitrogens is 1. The van der Waals surface area contributed by atoms with Crippen molar-refractivity contribution in [3.05, 3.63) is 53.2 Å². The molecule has 0 spiro atoms. The SMILES string of the molecule is CCCc1c(OCCCOc2ccc(CC(=O)OC)cc2)ccc2c(C(F)(F)F)noc12. The molecular weight excluding hydrogens is 427 g/mol. The van der Waals surface area contributed by atoms with E-state index in [1.54, 1.807) is 24.3 Å². The maximum absolute atomic E-state index is 13.1. The van der Waals surface area contributed by atoms with E-state index in [1.807, 2.05) is 6.92 Å². The highest BCUT2D eigenvalue weighted by atomic mass is 19.4. The lowest BCUT2D eigenvalue weighted by atomic mass is 10.0. The zero-order chi connectivity index (χ0) is 23.1. The zero-order valence-corrected chi connectivity index (χ0v) is 17.8. The fourth-order valence-corrected chi connectivity index (χ4v) is 3.24. The molecule has 0 radical (unpaired) electrons. The van der Waals surface area contributed by atoms with Crippen molar-refractivity contribution in [3.63, 3.8) is 0 Å². The molecule has 0 aliphatic heterocycles. The number of aryl methyl sites for hydroxylation is 1. The molecule has 0 bridgehead atoms. The smallest absolute Gasteiger partial charge is 0.437 e. The summed E-state index contributed by atoms with van der Waals surface area (Å²) >= 11 is 0. The Morgan fingerprint density at radius 3 is 2.44 bits per heavy atom. The van der Waals surface area contributed by atoms with Crippen molar-refractivity contribution in [1.82, 2.24) is 5.16 Å². The first-order valence-electron chi connectivity index (χ1n) is 10.2. The molecule has 0 aliphatic rings. The van der Waals surface area contributed by atoms with Gasteiger partial charge in [0, 0.05) is 12.0 Å². The van der Waals surface area contributed by atoms with Crippen molar-refractivity contribution in [1.29, 1.82) is 0 Å². The van der Waals surface area contributed by atoms with Crippen molar-refractivity contribution in [2.75, 3.05) is 20.3 Å². The Hall–Kier alpha value is -3.23. The third-order valence-electron chi connectivity index (χ3n) is 4.78. The molecule has 0 saturated carbocycles. The van der Waals surface area contributed by atoms with Crippen LogP contribution in [0.25, 0.3) is 11.0 Å². The van der Waals surface area contributed by atoms with E-state index in [2.05, 4.69) is 9.89 Å². The number of ether oxygens (including phenoxy) is 3. The Bertz CT molecular complexity index is 1040. The van der Waals surface area contributed by atoms with Gasteiger partial charge in [0.25, 0.3) is 0 Å². The maximum Gasteiger partial charge on any atom is 0.437 e. The molecule has 0 fully saturated rings. The van der Waals surface area contributed by atoms with Crippen molar-refractivity contribution >= 4 is 16.9 Å². The van der Waals surface area contributed by atoms with Crippen LogP contribution < -0.4 is 9.47 Å². The number of rotatable bonds is 10. The van der Waals surface area contributed by atoms with Gasteiger partial charge in [0.15, 0.2) is 11.3 Å². The summed E-state index contributed by atoms with van der Waals surface area (Å²) in [6.07, 6.45) is -2.59. The predicted molar refractivity (Wildman–Crippen MR) is 111 cm³/mol. The van der Waals surface area contributed by atoms with Crippen LogP contribution in [0.1, 0.15) is 36.6 Å². The summed E-state index contributed by atoms with van der Waals surface area (Å²) in [4.78, 5) is 11.3. The fourth-order valence-electron chi connectivity index (χ4n) is 3.24. The molecule has 2 aromatic carbocycles. The van der Waals surface area contributed by atoms with Crippen molar-refractivity contribution < 1.29 is 36.7 Å². The number of hydrogen-bond donors (Lipinski definition) is 0. The molecule has 6 nitrogen and oxygen atoms in total. The van der Waals surface area contributed by atoms with Gasteiger partial charge < -0.3 is 18.7 Å². The monoisotopic (exact) mass is 451 g/mol. The largest absolute Gasteiger partial charge is 0.493 e. The molecular formula is C23H24F3NO5. The summed E-state index contributed by atoms with van der Waals surface area (Å²) < 4.78 is 60.4. The molecule has 0 N–H and O–H groups in total.